The average molecular weight is 394 g/mol. The van der Waals surface area contributed by atoms with E-state index < -0.39 is 17.2 Å². The second-order valence-corrected chi connectivity index (χ2v) is 7.43. The van der Waals surface area contributed by atoms with Gasteiger partial charge in [0.2, 0.25) is 5.91 Å². The van der Waals surface area contributed by atoms with Crippen molar-refractivity contribution >= 4 is 40.5 Å². The zero-order valence-electron chi connectivity index (χ0n) is 13.6. The Labute approximate surface area is 156 Å². The number of benzene rings is 2. The molecular weight excluding hydrogens is 379 g/mol. The number of rotatable bonds is 4. The van der Waals surface area contributed by atoms with Gasteiger partial charge in [-0.3, -0.25) is 19.0 Å². The summed E-state index contributed by atoms with van der Waals surface area (Å²) in [7, 11) is 0. The fraction of sp³-hybridized carbons (Fsp3) is 0.176. The number of aryl methyl sites for hydroxylation is 1. The second kappa shape index (κ2) is 7.56. The maximum Gasteiger partial charge on any atom is 0.264 e. The molecule has 26 heavy (non-hydrogen) atoms. The summed E-state index contributed by atoms with van der Waals surface area (Å²) < 4.78 is 34.5. The fourth-order valence-corrected chi connectivity index (χ4v) is 4.21. The molecule has 136 valence electrons. The molecule has 0 aliphatic carbocycles. The lowest BCUT2D eigenvalue weighted by atomic mass is 10.1. The maximum absolute atomic E-state index is 13.2. The summed E-state index contributed by atoms with van der Waals surface area (Å²) in [5, 5.41) is -0.286. The van der Waals surface area contributed by atoms with Crippen LogP contribution in [0, 0.1) is 12.7 Å². The van der Waals surface area contributed by atoms with Crippen molar-refractivity contribution in [2.24, 2.45) is 0 Å². The third kappa shape index (κ3) is 3.79. The van der Waals surface area contributed by atoms with Gasteiger partial charge in [-0.25, -0.2) is 13.3 Å². The van der Waals surface area contributed by atoms with Crippen molar-refractivity contribution in [2.45, 2.75) is 12.3 Å². The highest BCUT2D eigenvalue weighted by atomic mass is 32.2. The van der Waals surface area contributed by atoms with E-state index in [1.165, 1.54) is 30.0 Å². The number of amides is 2. The summed E-state index contributed by atoms with van der Waals surface area (Å²) in [6.07, 6.45) is 0. The summed E-state index contributed by atoms with van der Waals surface area (Å²) in [5.41, 5.74) is 2.32. The van der Waals surface area contributed by atoms with Gasteiger partial charge >= 0.3 is 0 Å². The van der Waals surface area contributed by atoms with E-state index in [2.05, 4.69) is 0 Å². The predicted octanol–water partition coefficient (Wildman–Crippen LogP) is 2.78. The Balaban J connectivity index is 1.93. The summed E-state index contributed by atoms with van der Waals surface area (Å²) in [6.45, 7) is 1.75. The zero-order valence-corrected chi connectivity index (χ0v) is 15.3. The van der Waals surface area contributed by atoms with Crippen LogP contribution in [0.3, 0.4) is 0 Å². The second-order valence-electron chi connectivity index (χ2n) is 5.66. The molecule has 2 N–H and O–H groups in total. The van der Waals surface area contributed by atoms with E-state index in [1.54, 1.807) is 36.1 Å². The molecule has 0 bridgehead atoms. The normalized spacial score (nSPS) is 18.0. The molecule has 2 atom stereocenters. The maximum atomic E-state index is 13.2. The van der Waals surface area contributed by atoms with Crippen molar-refractivity contribution in [3.8, 4) is 0 Å². The lowest BCUT2D eigenvalue weighted by Gasteiger charge is -2.26. The Hall–Kier alpha value is -2.23. The molecule has 0 aromatic heterocycles. The number of thioether (sulfide) groups is 1. The van der Waals surface area contributed by atoms with Crippen LogP contribution in [0.1, 0.15) is 26.9 Å². The number of halogens is 1. The first-order valence-corrected chi connectivity index (χ1v) is 9.74. The molecule has 2 aromatic rings. The average Bonchev–Trinajstić information content (AvgIpc) is 2.96. The van der Waals surface area contributed by atoms with Crippen LogP contribution < -0.4 is 9.62 Å². The number of hydrogen-bond acceptors (Lipinski definition) is 4. The van der Waals surface area contributed by atoms with Gasteiger partial charge in [-0.15, -0.1) is 11.8 Å². The number of carbonyl (C=O) groups is 2. The Bertz CT molecular complexity index is 889. The Morgan fingerprint density at radius 2 is 2.00 bits per heavy atom. The molecule has 0 spiro atoms. The van der Waals surface area contributed by atoms with Gasteiger partial charge in [0.15, 0.2) is 0 Å². The Kier molecular flexibility index (Phi) is 5.40. The number of nitrogens with one attached hydrogen (secondary N) is 1. The van der Waals surface area contributed by atoms with Crippen molar-refractivity contribution in [3.05, 3.63) is 65.0 Å². The minimum absolute atomic E-state index is 0.0823. The van der Waals surface area contributed by atoms with Crippen molar-refractivity contribution in [2.75, 3.05) is 10.7 Å². The molecule has 0 saturated carbocycles. The van der Waals surface area contributed by atoms with E-state index in [0.29, 0.717) is 17.0 Å². The smallest absolute Gasteiger partial charge is 0.264 e. The highest BCUT2D eigenvalue weighted by molar-refractivity contribution is 8.00. The van der Waals surface area contributed by atoms with Gasteiger partial charge in [0.1, 0.15) is 11.2 Å². The molecule has 1 saturated heterocycles. The van der Waals surface area contributed by atoms with E-state index in [1.807, 2.05) is 4.72 Å². The van der Waals surface area contributed by atoms with Crippen molar-refractivity contribution < 1.29 is 22.7 Å². The van der Waals surface area contributed by atoms with E-state index in [-0.39, 0.29) is 22.7 Å². The van der Waals surface area contributed by atoms with Crippen LogP contribution in [0.15, 0.2) is 42.5 Å². The van der Waals surface area contributed by atoms with E-state index >= 15 is 0 Å². The predicted molar refractivity (Wildman–Crippen MR) is 98.5 cm³/mol. The first-order chi connectivity index (χ1) is 12.4. The first-order valence-electron chi connectivity index (χ1n) is 7.58. The molecular formula is C17H15FN2O4S2. The molecule has 2 amide bonds. The van der Waals surface area contributed by atoms with Crippen LogP contribution >= 0.6 is 11.8 Å². The number of anilines is 1. The molecule has 1 heterocycles. The molecule has 3 rings (SSSR count). The SMILES string of the molecule is Cc1cc(C(=O)NS(=O)O)ccc1N1C(=O)CSC1c1ccc(F)cc1. The quantitative estimate of drug-likeness (QED) is 0.779. The van der Waals surface area contributed by atoms with Crippen LogP contribution in [-0.2, 0) is 16.1 Å². The lowest BCUT2D eigenvalue weighted by Crippen LogP contribution is -2.29. The van der Waals surface area contributed by atoms with Gasteiger partial charge in [0.05, 0.1) is 5.75 Å². The lowest BCUT2D eigenvalue weighted by molar-refractivity contribution is -0.115. The first kappa shape index (κ1) is 18.6. The van der Waals surface area contributed by atoms with Crippen molar-refractivity contribution in [1.29, 1.82) is 0 Å². The topological polar surface area (TPSA) is 86.7 Å². The molecule has 1 aliphatic rings. The third-order valence-electron chi connectivity index (χ3n) is 3.92. The van der Waals surface area contributed by atoms with Crippen LogP contribution in [0.25, 0.3) is 0 Å². The van der Waals surface area contributed by atoms with Crippen LogP contribution in [-0.4, -0.2) is 26.3 Å². The van der Waals surface area contributed by atoms with Gasteiger partial charge in [-0.05, 0) is 48.4 Å². The zero-order chi connectivity index (χ0) is 18.8. The largest absolute Gasteiger partial charge is 0.295 e. The standard InChI is InChI=1S/C17H15FN2O4S2/c1-10-8-12(16(22)19-26(23)24)4-7-14(10)20-15(21)9-25-17(20)11-2-5-13(18)6-3-11/h2-8,17H,9H2,1H3,(H,19,22)(H,23,24). The third-order valence-corrected chi connectivity index (χ3v) is 5.49. The van der Waals surface area contributed by atoms with Crippen LogP contribution in [0.5, 0.6) is 0 Å². The Morgan fingerprint density at radius 1 is 1.31 bits per heavy atom. The molecule has 2 unspecified atom stereocenters. The minimum atomic E-state index is -2.45. The minimum Gasteiger partial charge on any atom is -0.295 e. The van der Waals surface area contributed by atoms with Gasteiger partial charge in [0, 0.05) is 11.3 Å². The van der Waals surface area contributed by atoms with Crippen molar-refractivity contribution in [3.63, 3.8) is 0 Å². The summed E-state index contributed by atoms with van der Waals surface area (Å²) >= 11 is -1.01. The molecule has 0 radical (unpaired) electrons. The number of nitrogens with zero attached hydrogens (tertiary/aromatic N) is 1. The van der Waals surface area contributed by atoms with E-state index in [0.717, 1.165) is 5.56 Å². The van der Waals surface area contributed by atoms with Crippen molar-refractivity contribution in [1.82, 2.24) is 4.72 Å². The molecule has 1 aliphatic heterocycles. The summed E-state index contributed by atoms with van der Waals surface area (Å²) in [6, 6.07) is 10.7. The fourth-order valence-electron chi connectivity index (χ4n) is 2.76. The van der Waals surface area contributed by atoms with Gasteiger partial charge in [-0.1, -0.05) is 12.1 Å². The number of hydrogen-bond donors (Lipinski definition) is 2. The van der Waals surface area contributed by atoms with Crippen LogP contribution in [0.4, 0.5) is 10.1 Å². The summed E-state index contributed by atoms with van der Waals surface area (Å²) in [4.78, 5) is 25.9. The molecule has 6 nitrogen and oxygen atoms in total. The van der Waals surface area contributed by atoms with Gasteiger partial charge in [0.25, 0.3) is 17.2 Å². The monoisotopic (exact) mass is 394 g/mol. The molecule has 2 aromatic carbocycles. The highest BCUT2D eigenvalue weighted by Gasteiger charge is 2.34. The van der Waals surface area contributed by atoms with Gasteiger partial charge < -0.3 is 0 Å². The summed E-state index contributed by atoms with van der Waals surface area (Å²) in [5.74, 6) is -0.811. The van der Waals surface area contributed by atoms with Crippen LogP contribution in [0.2, 0.25) is 0 Å². The number of carbonyl (C=O) groups excluding carboxylic acids is 2. The molecule has 9 heteroatoms. The molecule has 1 fully saturated rings. The van der Waals surface area contributed by atoms with E-state index in [9.17, 15) is 18.2 Å². The van der Waals surface area contributed by atoms with E-state index in [4.69, 9.17) is 4.55 Å². The van der Waals surface area contributed by atoms with Gasteiger partial charge in [-0.2, -0.15) is 0 Å². The Morgan fingerprint density at radius 3 is 2.62 bits per heavy atom. The highest BCUT2D eigenvalue weighted by Crippen LogP contribution is 2.42.